The van der Waals surface area contributed by atoms with Crippen LogP contribution in [0.2, 0.25) is 0 Å². The van der Waals surface area contributed by atoms with Gasteiger partial charge in [0, 0.05) is 25.3 Å². The quantitative estimate of drug-likeness (QED) is 0.750. The van der Waals surface area contributed by atoms with Gasteiger partial charge in [-0.1, -0.05) is 12.8 Å². The van der Waals surface area contributed by atoms with Crippen molar-refractivity contribution in [1.82, 2.24) is 5.32 Å². The molecular formula is C14H27NO. The summed E-state index contributed by atoms with van der Waals surface area (Å²) in [5.41, 5.74) is 0. The lowest BCUT2D eigenvalue weighted by atomic mass is 9.93. The van der Waals surface area contributed by atoms with Crippen molar-refractivity contribution in [3.8, 4) is 0 Å². The number of hydrogen-bond acceptors (Lipinski definition) is 2. The van der Waals surface area contributed by atoms with E-state index in [9.17, 15) is 0 Å². The highest BCUT2D eigenvalue weighted by Gasteiger charge is 2.24. The predicted molar refractivity (Wildman–Crippen MR) is 67.6 cm³/mol. The summed E-state index contributed by atoms with van der Waals surface area (Å²) in [5, 5.41) is 3.76. The lowest BCUT2D eigenvalue weighted by Crippen LogP contribution is -2.36. The van der Waals surface area contributed by atoms with Gasteiger partial charge in [0.1, 0.15) is 0 Å². The summed E-state index contributed by atoms with van der Waals surface area (Å²) in [6.45, 7) is 6.65. The van der Waals surface area contributed by atoms with E-state index in [1.54, 1.807) is 0 Å². The van der Waals surface area contributed by atoms with E-state index in [1.807, 2.05) is 0 Å². The van der Waals surface area contributed by atoms with Crippen LogP contribution in [0.3, 0.4) is 0 Å². The van der Waals surface area contributed by atoms with Gasteiger partial charge < -0.3 is 10.1 Å². The van der Waals surface area contributed by atoms with Gasteiger partial charge in [0.2, 0.25) is 0 Å². The Labute approximate surface area is 100 Å². The van der Waals surface area contributed by atoms with Crippen LogP contribution in [0.4, 0.5) is 0 Å². The van der Waals surface area contributed by atoms with Crippen LogP contribution in [0.15, 0.2) is 0 Å². The zero-order valence-electron chi connectivity index (χ0n) is 10.9. The van der Waals surface area contributed by atoms with Crippen molar-refractivity contribution in [3.63, 3.8) is 0 Å². The van der Waals surface area contributed by atoms with Crippen LogP contribution in [0.5, 0.6) is 0 Å². The molecule has 1 aliphatic carbocycles. The summed E-state index contributed by atoms with van der Waals surface area (Å²) in [6.07, 6.45) is 8.20. The van der Waals surface area contributed by atoms with E-state index in [0.29, 0.717) is 12.1 Å². The molecule has 1 saturated carbocycles. The van der Waals surface area contributed by atoms with Gasteiger partial charge in [-0.25, -0.2) is 0 Å². The second-order valence-corrected chi connectivity index (χ2v) is 5.94. The molecule has 2 aliphatic rings. The van der Waals surface area contributed by atoms with E-state index in [1.165, 1.54) is 38.5 Å². The van der Waals surface area contributed by atoms with Crippen LogP contribution in [0.1, 0.15) is 52.4 Å². The van der Waals surface area contributed by atoms with E-state index < -0.39 is 0 Å². The number of rotatable bonds is 6. The van der Waals surface area contributed by atoms with Crippen LogP contribution >= 0.6 is 0 Å². The van der Waals surface area contributed by atoms with E-state index in [0.717, 1.165) is 25.0 Å². The van der Waals surface area contributed by atoms with Crippen molar-refractivity contribution >= 4 is 0 Å². The average Bonchev–Trinajstić information content (AvgIpc) is 3.02. The summed E-state index contributed by atoms with van der Waals surface area (Å²) in [4.78, 5) is 0. The van der Waals surface area contributed by atoms with Gasteiger partial charge in [-0.05, 0) is 51.4 Å². The highest BCUT2D eigenvalue weighted by molar-refractivity contribution is 4.80. The maximum atomic E-state index is 5.40. The molecule has 1 saturated heterocycles. The second-order valence-electron chi connectivity index (χ2n) is 5.94. The Morgan fingerprint density at radius 2 is 1.44 bits per heavy atom. The van der Waals surface area contributed by atoms with Gasteiger partial charge in [-0.2, -0.15) is 0 Å². The molecule has 1 heterocycles. The number of nitrogens with one attached hydrogen (secondary N) is 1. The molecule has 0 bridgehead atoms. The van der Waals surface area contributed by atoms with Crippen molar-refractivity contribution in [1.29, 1.82) is 0 Å². The Bertz CT molecular complexity index is 197. The van der Waals surface area contributed by atoms with Crippen molar-refractivity contribution in [2.24, 2.45) is 11.8 Å². The molecule has 2 fully saturated rings. The molecule has 2 nitrogen and oxygen atoms in total. The first-order valence-electron chi connectivity index (χ1n) is 7.08. The summed E-state index contributed by atoms with van der Waals surface area (Å²) in [5.74, 6) is 1.93. The largest absolute Gasteiger partial charge is 0.381 e. The maximum absolute atomic E-state index is 5.40. The maximum Gasteiger partial charge on any atom is 0.0468 e. The van der Waals surface area contributed by atoms with Crippen LogP contribution in [0.25, 0.3) is 0 Å². The fourth-order valence-corrected chi connectivity index (χ4v) is 2.96. The molecule has 2 heteroatoms. The van der Waals surface area contributed by atoms with Gasteiger partial charge in [-0.15, -0.1) is 0 Å². The Morgan fingerprint density at radius 1 is 0.938 bits per heavy atom. The summed E-state index contributed by atoms with van der Waals surface area (Å²) in [6, 6.07) is 1.39. The summed E-state index contributed by atoms with van der Waals surface area (Å²) in [7, 11) is 0. The monoisotopic (exact) mass is 225 g/mol. The lowest BCUT2D eigenvalue weighted by Gasteiger charge is -2.27. The minimum atomic E-state index is 0.678. The highest BCUT2D eigenvalue weighted by atomic mass is 16.5. The average molecular weight is 225 g/mol. The summed E-state index contributed by atoms with van der Waals surface area (Å²) >= 11 is 0. The fourth-order valence-electron chi connectivity index (χ4n) is 2.96. The molecular weight excluding hydrogens is 198 g/mol. The fraction of sp³-hybridized carbons (Fsp3) is 1.00. The van der Waals surface area contributed by atoms with E-state index in [2.05, 4.69) is 19.2 Å². The molecule has 0 aromatic rings. The third kappa shape index (κ3) is 4.42. The molecule has 0 spiro atoms. The van der Waals surface area contributed by atoms with Crippen molar-refractivity contribution < 1.29 is 4.74 Å². The molecule has 1 N–H and O–H groups in total. The molecule has 16 heavy (non-hydrogen) atoms. The minimum Gasteiger partial charge on any atom is -0.381 e. The van der Waals surface area contributed by atoms with Crippen LogP contribution < -0.4 is 5.32 Å². The van der Waals surface area contributed by atoms with Crippen molar-refractivity contribution in [2.75, 3.05) is 13.2 Å². The van der Waals surface area contributed by atoms with Crippen molar-refractivity contribution in [3.05, 3.63) is 0 Å². The van der Waals surface area contributed by atoms with Gasteiger partial charge in [0.15, 0.2) is 0 Å². The number of hydrogen-bond donors (Lipinski definition) is 1. The molecule has 2 unspecified atom stereocenters. The third-order valence-electron chi connectivity index (χ3n) is 3.98. The topological polar surface area (TPSA) is 21.3 Å². The van der Waals surface area contributed by atoms with Crippen LogP contribution in [0, 0.1) is 11.8 Å². The Hall–Kier alpha value is -0.0800. The minimum absolute atomic E-state index is 0.678. The van der Waals surface area contributed by atoms with Crippen LogP contribution in [-0.4, -0.2) is 25.3 Å². The molecule has 0 aromatic carbocycles. The van der Waals surface area contributed by atoms with Gasteiger partial charge >= 0.3 is 0 Å². The molecule has 0 aromatic heterocycles. The van der Waals surface area contributed by atoms with Crippen LogP contribution in [-0.2, 0) is 4.74 Å². The van der Waals surface area contributed by atoms with Gasteiger partial charge in [-0.3, -0.25) is 0 Å². The summed E-state index contributed by atoms with van der Waals surface area (Å²) < 4.78 is 5.40. The normalized spacial score (nSPS) is 26.6. The van der Waals surface area contributed by atoms with E-state index in [-0.39, 0.29) is 0 Å². The Morgan fingerprint density at radius 3 is 1.94 bits per heavy atom. The predicted octanol–water partition coefficient (Wildman–Crippen LogP) is 2.97. The SMILES string of the molecule is CC(CC1CCOCC1)NC(C)CC1CC1. The standard InChI is InChI=1S/C14H27NO/c1-11(9-13-3-4-13)15-12(2)10-14-5-7-16-8-6-14/h11-15H,3-10H2,1-2H3. The first-order valence-corrected chi connectivity index (χ1v) is 7.08. The van der Waals surface area contributed by atoms with E-state index in [4.69, 9.17) is 4.74 Å². The highest BCUT2D eigenvalue weighted by Crippen LogP contribution is 2.33. The zero-order chi connectivity index (χ0) is 11.4. The van der Waals surface area contributed by atoms with Crippen molar-refractivity contribution in [2.45, 2.75) is 64.5 Å². The molecule has 0 amide bonds. The molecule has 2 rings (SSSR count). The molecule has 94 valence electrons. The zero-order valence-corrected chi connectivity index (χ0v) is 10.9. The first-order chi connectivity index (χ1) is 7.74. The second kappa shape index (κ2) is 6.02. The molecule has 0 radical (unpaired) electrons. The third-order valence-corrected chi connectivity index (χ3v) is 3.98. The number of ether oxygens (including phenoxy) is 1. The Kier molecular flexibility index (Phi) is 4.66. The lowest BCUT2D eigenvalue weighted by molar-refractivity contribution is 0.0608. The first kappa shape index (κ1) is 12.4. The smallest absolute Gasteiger partial charge is 0.0468 e. The molecule has 1 aliphatic heterocycles. The Balaban J connectivity index is 1.60. The van der Waals surface area contributed by atoms with Gasteiger partial charge in [0.25, 0.3) is 0 Å². The van der Waals surface area contributed by atoms with E-state index >= 15 is 0 Å². The molecule has 2 atom stereocenters. The van der Waals surface area contributed by atoms with Gasteiger partial charge in [0.05, 0.1) is 0 Å².